The van der Waals surface area contributed by atoms with Crippen molar-refractivity contribution < 1.29 is 22.0 Å². The van der Waals surface area contributed by atoms with Gasteiger partial charge in [-0.2, -0.15) is 5.10 Å². The predicted octanol–water partition coefficient (Wildman–Crippen LogP) is 8.06. The fourth-order valence-corrected chi connectivity index (χ4v) is 4.72. The Labute approximate surface area is 227 Å². The molecule has 0 radical (unpaired) electrons. The maximum atomic E-state index is 14.8. The molecule has 4 nitrogen and oxygen atoms in total. The molecule has 10 heteroatoms. The minimum absolute atomic E-state index is 0.250. The van der Waals surface area contributed by atoms with Gasteiger partial charge in [0.2, 0.25) is 5.82 Å². The molecular formula is C29H16BrF5N4. The number of halogens is 6. The van der Waals surface area contributed by atoms with Gasteiger partial charge >= 0.3 is 0 Å². The molecule has 0 amide bonds. The molecule has 0 spiro atoms. The summed E-state index contributed by atoms with van der Waals surface area (Å²) in [7, 11) is 0. The Morgan fingerprint density at radius 2 is 1.31 bits per heavy atom. The van der Waals surface area contributed by atoms with Gasteiger partial charge in [0.25, 0.3) is 0 Å². The lowest BCUT2D eigenvalue weighted by molar-refractivity contribution is 0.368. The van der Waals surface area contributed by atoms with Crippen LogP contribution in [-0.2, 0) is 6.54 Å². The van der Waals surface area contributed by atoms with Crippen LogP contribution < -0.4 is 0 Å². The van der Waals surface area contributed by atoms with Gasteiger partial charge in [-0.05, 0) is 36.4 Å². The molecule has 2 heterocycles. The number of para-hydroxylation sites is 3. The van der Waals surface area contributed by atoms with Crippen molar-refractivity contribution >= 4 is 27.0 Å². The molecule has 0 unspecified atom stereocenters. The highest BCUT2D eigenvalue weighted by molar-refractivity contribution is 9.10. The van der Waals surface area contributed by atoms with Gasteiger partial charge < -0.3 is 4.57 Å². The number of imidazole rings is 1. The van der Waals surface area contributed by atoms with E-state index in [0.717, 1.165) is 15.7 Å². The molecule has 0 saturated heterocycles. The first-order chi connectivity index (χ1) is 18.8. The number of hydrogen-bond acceptors (Lipinski definition) is 2. The predicted molar refractivity (Wildman–Crippen MR) is 141 cm³/mol. The van der Waals surface area contributed by atoms with Gasteiger partial charge in [-0.1, -0.05) is 58.4 Å². The number of aromatic nitrogens is 4. The van der Waals surface area contributed by atoms with Crippen molar-refractivity contribution in [3.8, 4) is 28.3 Å². The van der Waals surface area contributed by atoms with E-state index in [1.165, 1.54) is 4.57 Å². The minimum atomic E-state index is -2.20. The van der Waals surface area contributed by atoms with Crippen molar-refractivity contribution in [2.75, 3.05) is 0 Å². The Hall–Kier alpha value is -4.31. The van der Waals surface area contributed by atoms with Gasteiger partial charge in [0.1, 0.15) is 11.5 Å². The second-order valence-corrected chi connectivity index (χ2v) is 9.65. The summed E-state index contributed by atoms with van der Waals surface area (Å²) < 4.78 is 75.4. The normalized spacial score (nSPS) is 11.4. The summed E-state index contributed by atoms with van der Waals surface area (Å²) in [5, 5.41) is 4.78. The van der Waals surface area contributed by atoms with E-state index >= 15 is 0 Å². The van der Waals surface area contributed by atoms with Crippen LogP contribution in [0.5, 0.6) is 0 Å². The number of rotatable bonds is 5. The third-order valence-corrected chi connectivity index (χ3v) is 6.89. The van der Waals surface area contributed by atoms with Gasteiger partial charge in [0.05, 0.1) is 28.8 Å². The first-order valence-corrected chi connectivity index (χ1v) is 12.5. The zero-order valence-electron chi connectivity index (χ0n) is 19.8. The van der Waals surface area contributed by atoms with Crippen LogP contribution in [0.2, 0.25) is 0 Å². The third-order valence-electron chi connectivity index (χ3n) is 6.37. The van der Waals surface area contributed by atoms with Gasteiger partial charge in [-0.15, -0.1) is 0 Å². The summed E-state index contributed by atoms with van der Waals surface area (Å²) in [6.07, 6.45) is 1.73. The molecule has 39 heavy (non-hydrogen) atoms. The van der Waals surface area contributed by atoms with Crippen LogP contribution in [-0.4, -0.2) is 19.3 Å². The van der Waals surface area contributed by atoms with Gasteiger partial charge in [0, 0.05) is 21.8 Å². The summed E-state index contributed by atoms with van der Waals surface area (Å²) in [5.41, 5.74) is 2.47. The zero-order valence-corrected chi connectivity index (χ0v) is 21.4. The third kappa shape index (κ3) is 4.30. The van der Waals surface area contributed by atoms with Crippen LogP contribution in [0.3, 0.4) is 0 Å². The van der Waals surface area contributed by atoms with E-state index in [4.69, 9.17) is 10.1 Å². The van der Waals surface area contributed by atoms with Crippen molar-refractivity contribution in [1.82, 2.24) is 19.3 Å². The lowest BCUT2D eigenvalue weighted by atomic mass is 10.1. The summed E-state index contributed by atoms with van der Waals surface area (Å²) >= 11 is 3.42. The summed E-state index contributed by atoms with van der Waals surface area (Å²) in [6.45, 7) is -0.655. The highest BCUT2D eigenvalue weighted by atomic mass is 79.9. The second-order valence-electron chi connectivity index (χ2n) is 8.74. The van der Waals surface area contributed by atoms with Crippen molar-refractivity contribution in [3.05, 3.63) is 124 Å². The van der Waals surface area contributed by atoms with E-state index in [1.54, 1.807) is 35.1 Å². The highest BCUT2D eigenvalue weighted by Crippen LogP contribution is 2.35. The van der Waals surface area contributed by atoms with Crippen molar-refractivity contribution in [3.63, 3.8) is 0 Å². The monoisotopic (exact) mass is 594 g/mol. The summed E-state index contributed by atoms with van der Waals surface area (Å²) in [4.78, 5) is 4.71. The second kappa shape index (κ2) is 9.77. The molecule has 0 fully saturated rings. The number of fused-ring (bicyclic) bond motifs is 1. The molecule has 0 atom stereocenters. The molecule has 4 aromatic carbocycles. The summed E-state index contributed by atoms with van der Waals surface area (Å²) in [5.74, 6) is -9.72. The number of nitrogens with zero attached hydrogens (tertiary/aromatic N) is 4. The maximum absolute atomic E-state index is 14.8. The van der Waals surface area contributed by atoms with Crippen LogP contribution in [0, 0.1) is 29.1 Å². The Morgan fingerprint density at radius 3 is 2.00 bits per heavy atom. The quantitative estimate of drug-likeness (QED) is 0.115. The van der Waals surface area contributed by atoms with Crippen molar-refractivity contribution in [1.29, 1.82) is 0 Å². The first-order valence-electron chi connectivity index (χ1n) is 11.7. The van der Waals surface area contributed by atoms with E-state index in [0.29, 0.717) is 22.3 Å². The van der Waals surface area contributed by atoms with Crippen LogP contribution >= 0.6 is 15.9 Å². The van der Waals surface area contributed by atoms with Crippen LogP contribution in [0.4, 0.5) is 22.0 Å². The molecule has 6 aromatic rings. The topological polar surface area (TPSA) is 35.6 Å². The Bertz CT molecular complexity index is 1820. The molecule has 0 aliphatic heterocycles. The van der Waals surface area contributed by atoms with Crippen LogP contribution in [0.15, 0.2) is 89.5 Å². The average Bonchev–Trinajstić information content (AvgIpc) is 3.56. The molecular weight excluding hydrogens is 579 g/mol. The molecule has 0 aliphatic carbocycles. The molecule has 0 bridgehead atoms. The van der Waals surface area contributed by atoms with Crippen LogP contribution in [0.1, 0.15) is 5.56 Å². The van der Waals surface area contributed by atoms with Gasteiger partial charge in [-0.3, -0.25) is 0 Å². The van der Waals surface area contributed by atoms with Gasteiger partial charge in [-0.25, -0.2) is 31.6 Å². The lowest BCUT2D eigenvalue weighted by Gasteiger charge is -2.13. The van der Waals surface area contributed by atoms with E-state index in [9.17, 15) is 22.0 Å². The molecule has 0 saturated carbocycles. The molecule has 0 N–H and O–H groups in total. The summed E-state index contributed by atoms with van der Waals surface area (Å²) in [6, 6.07) is 23.5. The Balaban J connectivity index is 1.61. The van der Waals surface area contributed by atoms with E-state index in [2.05, 4.69) is 15.9 Å². The SMILES string of the molecule is Fc1c(F)c(F)c(Cn2c(-c3cn(-c4ccccc4)nc3-c3ccc(Br)cc3)nc3ccccc32)c(F)c1F. The zero-order chi connectivity index (χ0) is 27.3. The molecule has 194 valence electrons. The lowest BCUT2D eigenvalue weighted by Crippen LogP contribution is -2.12. The first kappa shape index (κ1) is 25.0. The maximum Gasteiger partial charge on any atom is 0.200 e. The number of benzene rings is 4. The minimum Gasteiger partial charge on any atom is -0.319 e. The largest absolute Gasteiger partial charge is 0.319 e. The molecule has 2 aromatic heterocycles. The Kier molecular flexibility index (Phi) is 6.26. The molecule has 0 aliphatic rings. The van der Waals surface area contributed by atoms with Gasteiger partial charge in [0.15, 0.2) is 23.3 Å². The Morgan fingerprint density at radius 1 is 0.692 bits per heavy atom. The molecule has 6 rings (SSSR count). The van der Waals surface area contributed by atoms with Crippen molar-refractivity contribution in [2.45, 2.75) is 6.54 Å². The van der Waals surface area contributed by atoms with Crippen molar-refractivity contribution in [2.24, 2.45) is 0 Å². The standard InChI is InChI=1S/C29H16BrF5N4/c30-17-12-10-16(11-13-17)28-20(15-39(37-28)18-6-2-1-3-7-18)29-36-21-8-4-5-9-22(21)38(29)14-19-23(31)25(33)27(35)26(34)24(19)32/h1-13,15H,14H2. The fourth-order valence-electron chi connectivity index (χ4n) is 4.46. The van der Waals surface area contributed by atoms with E-state index in [1.807, 2.05) is 54.6 Å². The highest BCUT2D eigenvalue weighted by Gasteiger charge is 2.28. The average molecular weight is 595 g/mol. The van der Waals surface area contributed by atoms with Crippen LogP contribution in [0.25, 0.3) is 39.4 Å². The van der Waals surface area contributed by atoms with E-state index < -0.39 is 41.2 Å². The smallest absolute Gasteiger partial charge is 0.200 e. The fraction of sp³-hybridized carbons (Fsp3) is 0.0345. The number of hydrogen-bond donors (Lipinski definition) is 0. The van der Waals surface area contributed by atoms with E-state index in [-0.39, 0.29) is 5.82 Å².